The molecule has 1 heterocycles. The number of carbonyl (C=O) groups excluding carboxylic acids is 1. The summed E-state index contributed by atoms with van der Waals surface area (Å²) in [5, 5.41) is 3.80. The second kappa shape index (κ2) is 9.74. The maximum absolute atomic E-state index is 12.3. The molecule has 2 amide bonds. The lowest BCUT2D eigenvalue weighted by atomic mass is 10.2. The molecule has 0 unspecified atom stereocenters. The van der Waals surface area contributed by atoms with Gasteiger partial charge in [-0.2, -0.15) is 0 Å². The molecule has 0 aromatic heterocycles. The van der Waals surface area contributed by atoms with Gasteiger partial charge in [0.2, 0.25) is 0 Å². The van der Waals surface area contributed by atoms with Gasteiger partial charge in [-0.05, 0) is 36.4 Å². The summed E-state index contributed by atoms with van der Waals surface area (Å²) in [6.07, 6.45) is 0.963. The summed E-state index contributed by atoms with van der Waals surface area (Å²) in [6.45, 7) is 3.76. The van der Waals surface area contributed by atoms with Gasteiger partial charge in [0.25, 0.3) is 0 Å². The topological polar surface area (TPSA) is 35.6 Å². The van der Waals surface area contributed by atoms with Gasteiger partial charge in [-0.25, -0.2) is 4.79 Å². The molecule has 3 rings (SSSR count). The van der Waals surface area contributed by atoms with Crippen LogP contribution in [-0.2, 0) is 0 Å². The third-order valence-electron chi connectivity index (χ3n) is 4.37. The van der Waals surface area contributed by atoms with Crippen molar-refractivity contribution in [2.75, 3.05) is 43.4 Å². The molecule has 0 aliphatic carbocycles. The molecule has 26 heavy (non-hydrogen) atoms. The lowest BCUT2D eigenvalue weighted by Gasteiger charge is -2.36. The number of benzene rings is 2. The quantitative estimate of drug-likeness (QED) is 0.589. The average Bonchev–Trinajstić information content (AvgIpc) is 2.69. The first-order valence-corrected chi connectivity index (χ1v) is 10.3. The van der Waals surface area contributed by atoms with Gasteiger partial charge in [0.05, 0.1) is 10.7 Å². The monoisotopic (exact) mass is 389 g/mol. The van der Waals surface area contributed by atoms with Crippen LogP contribution in [0.2, 0.25) is 5.02 Å². The van der Waals surface area contributed by atoms with E-state index >= 15 is 0 Å². The summed E-state index contributed by atoms with van der Waals surface area (Å²) in [6, 6.07) is 18.2. The third kappa shape index (κ3) is 5.32. The van der Waals surface area contributed by atoms with Gasteiger partial charge < -0.3 is 15.1 Å². The number of rotatable bonds is 6. The highest BCUT2D eigenvalue weighted by Crippen LogP contribution is 2.26. The van der Waals surface area contributed by atoms with Crippen LogP contribution in [0.4, 0.5) is 10.5 Å². The van der Waals surface area contributed by atoms with E-state index in [1.165, 1.54) is 4.90 Å². The van der Waals surface area contributed by atoms with E-state index in [1.807, 2.05) is 59.1 Å². The van der Waals surface area contributed by atoms with Crippen molar-refractivity contribution in [1.29, 1.82) is 0 Å². The molecule has 0 saturated carbocycles. The summed E-state index contributed by atoms with van der Waals surface area (Å²) in [5.41, 5.74) is 1.05. The maximum atomic E-state index is 12.3. The molecule has 138 valence electrons. The van der Waals surface area contributed by atoms with E-state index in [4.69, 9.17) is 11.6 Å². The minimum atomic E-state index is 0.0357. The summed E-state index contributed by atoms with van der Waals surface area (Å²) < 4.78 is 0. The zero-order chi connectivity index (χ0) is 18.2. The van der Waals surface area contributed by atoms with Gasteiger partial charge in [-0.3, -0.25) is 0 Å². The number of halogens is 1. The molecular formula is C20H24ClN3OS. The fraction of sp³-hybridized carbons (Fsp3) is 0.350. The fourth-order valence-corrected chi connectivity index (χ4v) is 4.07. The normalized spacial score (nSPS) is 14.3. The minimum Gasteiger partial charge on any atom is -0.367 e. The Morgan fingerprint density at radius 3 is 2.42 bits per heavy atom. The van der Waals surface area contributed by atoms with Crippen LogP contribution in [0.5, 0.6) is 0 Å². The Morgan fingerprint density at radius 2 is 1.69 bits per heavy atom. The molecule has 0 atom stereocenters. The Kier molecular flexibility index (Phi) is 7.09. The maximum Gasteiger partial charge on any atom is 0.317 e. The smallest absolute Gasteiger partial charge is 0.317 e. The first-order valence-electron chi connectivity index (χ1n) is 8.94. The molecule has 0 spiro atoms. The highest BCUT2D eigenvalue weighted by molar-refractivity contribution is 7.99. The standard InChI is InChI=1S/C20H24ClN3OS/c21-18-9-4-5-10-19(18)23-12-14-24(15-13-23)20(25)22-11-6-16-26-17-7-2-1-3-8-17/h1-5,7-10H,6,11-16H2,(H,22,25). The number of carbonyl (C=O) groups is 1. The Hall–Kier alpha value is -1.85. The minimum absolute atomic E-state index is 0.0357. The lowest BCUT2D eigenvalue weighted by molar-refractivity contribution is 0.194. The molecule has 1 saturated heterocycles. The number of hydrogen-bond donors (Lipinski definition) is 1. The molecule has 1 aliphatic rings. The van der Waals surface area contributed by atoms with Crippen molar-refractivity contribution < 1.29 is 4.79 Å². The van der Waals surface area contributed by atoms with Gasteiger partial charge in [0.1, 0.15) is 0 Å². The Bertz CT molecular complexity index is 705. The van der Waals surface area contributed by atoms with E-state index in [1.54, 1.807) is 0 Å². The van der Waals surface area contributed by atoms with Crippen molar-refractivity contribution in [3.63, 3.8) is 0 Å². The summed E-state index contributed by atoms with van der Waals surface area (Å²) in [7, 11) is 0. The zero-order valence-corrected chi connectivity index (χ0v) is 16.3. The highest BCUT2D eigenvalue weighted by atomic mass is 35.5. The van der Waals surface area contributed by atoms with Crippen molar-refractivity contribution in [2.45, 2.75) is 11.3 Å². The first kappa shape index (κ1) is 18.9. The Morgan fingerprint density at radius 1 is 1.00 bits per heavy atom. The van der Waals surface area contributed by atoms with Gasteiger partial charge in [0, 0.05) is 37.6 Å². The van der Waals surface area contributed by atoms with E-state index in [9.17, 15) is 4.79 Å². The Balaban J connectivity index is 1.34. The fourth-order valence-electron chi connectivity index (χ4n) is 2.94. The zero-order valence-electron chi connectivity index (χ0n) is 14.7. The van der Waals surface area contributed by atoms with Crippen LogP contribution in [0.1, 0.15) is 6.42 Å². The summed E-state index contributed by atoms with van der Waals surface area (Å²) in [4.78, 5) is 17.7. The second-order valence-electron chi connectivity index (χ2n) is 6.17. The number of hydrogen-bond acceptors (Lipinski definition) is 3. The van der Waals surface area contributed by atoms with Crippen molar-refractivity contribution >= 4 is 35.1 Å². The summed E-state index contributed by atoms with van der Waals surface area (Å²) in [5.74, 6) is 1.00. The largest absolute Gasteiger partial charge is 0.367 e. The Labute approximate surface area is 164 Å². The number of nitrogens with zero attached hydrogens (tertiary/aromatic N) is 2. The third-order valence-corrected chi connectivity index (χ3v) is 5.79. The van der Waals surface area contributed by atoms with Crippen molar-refractivity contribution in [3.05, 3.63) is 59.6 Å². The molecule has 4 nitrogen and oxygen atoms in total. The van der Waals surface area contributed by atoms with Gasteiger partial charge in [0.15, 0.2) is 0 Å². The van der Waals surface area contributed by atoms with Crippen LogP contribution in [0.3, 0.4) is 0 Å². The number of anilines is 1. The molecule has 0 bridgehead atoms. The predicted octanol–water partition coefficient (Wildman–Crippen LogP) is 4.35. The average molecular weight is 390 g/mol. The number of amides is 2. The molecule has 0 radical (unpaired) electrons. The lowest BCUT2D eigenvalue weighted by Crippen LogP contribution is -2.52. The van der Waals surface area contributed by atoms with Gasteiger partial charge >= 0.3 is 6.03 Å². The predicted molar refractivity (Wildman–Crippen MR) is 110 cm³/mol. The molecule has 1 aliphatic heterocycles. The molecule has 2 aromatic carbocycles. The van der Waals surface area contributed by atoms with Crippen molar-refractivity contribution in [3.8, 4) is 0 Å². The van der Waals surface area contributed by atoms with E-state index in [0.717, 1.165) is 49.1 Å². The van der Waals surface area contributed by atoms with E-state index in [2.05, 4.69) is 22.3 Å². The highest BCUT2D eigenvalue weighted by Gasteiger charge is 2.21. The molecule has 1 fully saturated rings. The van der Waals surface area contributed by atoms with Crippen molar-refractivity contribution in [2.24, 2.45) is 0 Å². The van der Waals surface area contributed by atoms with Gasteiger partial charge in [-0.1, -0.05) is 41.9 Å². The number of thioether (sulfide) groups is 1. The first-order chi connectivity index (χ1) is 12.7. The SMILES string of the molecule is O=C(NCCCSc1ccccc1)N1CCN(c2ccccc2Cl)CC1. The molecule has 1 N–H and O–H groups in total. The van der Waals surface area contributed by atoms with Crippen LogP contribution in [0, 0.1) is 0 Å². The van der Waals surface area contributed by atoms with Crippen molar-refractivity contribution in [1.82, 2.24) is 10.2 Å². The number of nitrogens with one attached hydrogen (secondary N) is 1. The van der Waals surface area contributed by atoms with Gasteiger partial charge in [-0.15, -0.1) is 11.8 Å². The van der Waals surface area contributed by atoms with Crippen LogP contribution in [0.25, 0.3) is 0 Å². The van der Waals surface area contributed by atoms with E-state index in [0.29, 0.717) is 6.54 Å². The second-order valence-corrected chi connectivity index (χ2v) is 7.75. The van der Waals surface area contributed by atoms with Crippen LogP contribution in [0.15, 0.2) is 59.5 Å². The van der Waals surface area contributed by atoms with Crippen LogP contribution < -0.4 is 10.2 Å². The molecular weight excluding hydrogens is 366 g/mol. The van der Waals surface area contributed by atoms with E-state index in [-0.39, 0.29) is 6.03 Å². The van der Waals surface area contributed by atoms with E-state index < -0.39 is 0 Å². The number of para-hydroxylation sites is 1. The van der Waals surface area contributed by atoms with Crippen LogP contribution >= 0.6 is 23.4 Å². The molecule has 2 aromatic rings. The molecule has 6 heteroatoms. The number of piperazine rings is 1. The van der Waals surface area contributed by atoms with Crippen LogP contribution in [-0.4, -0.2) is 49.4 Å². The number of urea groups is 1. The summed E-state index contributed by atoms with van der Waals surface area (Å²) >= 11 is 8.09.